The third-order valence-electron chi connectivity index (χ3n) is 3.21. The topological polar surface area (TPSA) is 49.3 Å². The first-order valence-electron chi connectivity index (χ1n) is 6.47. The van der Waals surface area contributed by atoms with Crippen LogP contribution in [0.5, 0.6) is 0 Å². The number of rotatable bonds is 5. The average molecular weight is 308 g/mol. The van der Waals surface area contributed by atoms with Crippen LogP contribution in [0.3, 0.4) is 0 Å². The molecule has 0 aliphatic rings. The Balaban J connectivity index is 2.02. The van der Waals surface area contributed by atoms with Crippen LogP contribution in [0.2, 0.25) is 5.02 Å². The first-order chi connectivity index (χ1) is 9.95. The number of carboxylic acid groups (broad SMARTS) is 1. The number of hydrogen-bond acceptors (Lipinski definition) is 2. The summed E-state index contributed by atoms with van der Waals surface area (Å²) >= 11 is 5.78. The maximum atomic E-state index is 13.2. The molecule has 110 valence electrons. The molecule has 0 amide bonds. The number of carbonyl (C=O) groups is 1. The molecule has 0 aliphatic heterocycles. The van der Waals surface area contributed by atoms with Crippen LogP contribution in [-0.2, 0) is 11.3 Å². The zero-order valence-electron chi connectivity index (χ0n) is 11.4. The van der Waals surface area contributed by atoms with Gasteiger partial charge in [0, 0.05) is 17.3 Å². The Bertz CT molecular complexity index is 623. The minimum absolute atomic E-state index is 0.336. The predicted octanol–water partition coefficient (Wildman–Crippen LogP) is 4.28. The summed E-state index contributed by atoms with van der Waals surface area (Å²) in [6, 6.07) is 11.5. The lowest BCUT2D eigenvalue weighted by Gasteiger charge is -2.10. The van der Waals surface area contributed by atoms with E-state index in [0.29, 0.717) is 17.3 Å². The average Bonchev–Trinajstić information content (AvgIpc) is 2.44. The van der Waals surface area contributed by atoms with Crippen molar-refractivity contribution in [3.63, 3.8) is 0 Å². The van der Waals surface area contributed by atoms with Crippen molar-refractivity contribution in [3.8, 4) is 0 Å². The number of aliphatic carboxylic acids is 1. The summed E-state index contributed by atoms with van der Waals surface area (Å²) in [7, 11) is 0. The molecular weight excluding hydrogens is 293 g/mol. The molecule has 2 aromatic rings. The molecule has 0 saturated heterocycles. The van der Waals surface area contributed by atoms with Gasteiger partial charge < -0.3 is 10.4 Å². The van der Waals surface area contributed by atoms with Crippen LogP contribution in [-0.4, -0.2) is 11.1 Å². The summed E-state index contributed by atoms with van der Waals surface area (Å²) in [5.41, 5.74) is 2.32. The molecule has 0 spiro atoms. The van der Waals surface area contributed by atoms with E-state index in [0.717, 1.165) is 11.1 Å². The van der Waals surface area contributed by atoms with Crippen molar-refractivity contribution >= 4 is 23.3 Å². The Morgan fingerprint density at radius 1 is 1.29 bits per heavy atom. The molecule has 0 aliphatic carbocycles. The van der Waals surface area contributed by atoms with E-state index in [4.69, 9.17) is 16.7 Å². The quantitative estimate of drug-likeness (QED) is 0.867. The Morgan fingerprint density at radius 2 is 1.95 bits per heavy atom. The molecule has 0 fully saturated rings. The Kier molecular flexibility index (Phi) is 4.81. The highest BCUT2D eigenvalue weighted by atomic mass is 35.5. The van der Waals surface area contributed by atoms with Crippen molar-refractivity contribution in [1.82, 2.24) is 0 Å². The van der Waals surface area contributed by atoms with Gasteiger partial charge in [-0.2, -0.15) is 0 Å². The van der Waals surface area contributed by atoms with Gasteiger partial charge >= 0.3 is 5.97 Å². The molecule has 0 bridgehead atoms. The molecule has 1 atom stereocenters. The molecule has 1 unspecified atom stereocenters. The second-order valence-electron chi connectivity index (χ2n) is 4.81. The fraction of sp³-hybridized carbons (Fsp3) is 0.188. The summed E-state index contributed by atoms with van der Waals surface area (Å²) in [4.78, 5) is 10.9. The standard InChI is InChI=1S/C16H15ClFNO2/c1-10(16(20)21)12-4-2-11(3-5-12)9-19-15-7-13(17)6-14(18)8-15/h2-8,10,19H,9H2,1H3,(H,20,21). The predicted molar refractivity (Wildman–Crippen MR) is 81.2 cm³/mol. The van der Waals surface area contributed by atoms with Crippen molar-refractivity contribution in [2.24, 2.45) is 0 Å². The highest BCUT2D eigenvalue weighted by Gasteiger charge is 2.12. The molecule has 0 radical (unpaired) electrons. The molecule has 2 N–H and O–H groups in total. The van der Waals surface area contributed by atoms with Gasteiger partial charge in [0.1, 0.15) is 5.82 Å². The van der Waals surface area contributed by atoms with Gasteiger partial charge in [0.2, 0.25) is 0 Å². The van der Waals surface area contributed by atoms with Gasteiger partial charge in [0.15, 0.2) is 0 Å². The maximum absolute atomic E-state index is 13.2. The Hall–Kier alpha value is -2.07. The fourth-order valence-corrected chi connectivity index (χ4v) is 2.15. The Labute approximate surface area is 127 Å². The molecular formula is C16H15ClFNO2. The smallest absolute Gasteiger partial charge is 0.310 e. The second-order valence-corrected chi connectivity index (χ2v) is 5.25. The number of hydrogen-bond donors (Lipinski definition) is 2. The SMILES string of the molecule is CC(C(=O)O)c1ccc(CNc2cc(F)cc(Cl)c2)cc1. The Morgan fingerprint density at radius 3 is 2.52 bits per heavy atom. The van der Waals surface area contributed by atoms with Gasteiger partial charge in [-0.25, -0.2) is 4.39 Å². The lowest BCUT2D eigenvalue weighted by atomic mass is 10.00. The van der Waals surface area contributed by atoms with Crippen molar-refractivity contribution in [2.75, 3.05) is 5.32 Å². The highest BCUT2D eigenvalue weighted by Crippen LogP contribution is 2.20. The molecule has 21 heavy (non-hydrogen) atoms. The van der Waals surface area contributed by atoms with Crippen LogP contribution in [0.15, 0.2) is 42.5 Å². The zero-order valence-corrected chi connectivity index (χ0v) is 12.2. The van der Waals surface area contributed by atoms with Gasteiger partial charge in [0.05, 0.1) is 5.92 Å². The van der Waals surface area contributed by atoms with Crippen LogP contribution in [0.25, 0.3) is 0 Å². The van der Waals surface area contributed by atoms with Crippen molar-refractivity contribution in [3.05, 3.63) is 64.4 Å². The minimum atomic E-state index is -0.852. The monoisotopic (exact) mass is 307 g/mol. The molecule has 2 aromatic carbocycles. The van der Waals surface area contributed by atoms with E-state index >= 15 is 0 Å². The van der Waals surface area contributed by atoms with E-state index in [1.54, 1.807) is 25.1 Å². The molecule has 0 aromatic heterocycles. The van der Waals surface area contributed by atoms with E-state index in [1.807, 2.05) is 12.1 Å². The number of benzene rings is 2. The van der Waals surface area contributed by atoms with Crippen LogP contribution in [0.4, 0.5) is 10.1 Å². The van der Waals surface area contributed by atoms with Gasteiger partial charge in [0.25, 0.3) is 0 Å². The first-order valence-corrected chi connectivity index (χ1v) is 6.85. The third kappa shape index (κ3) is 4.20. The van der Waals surface area contributed by atoms with Gasteiger partial charge in [-0.3, -0.25) is 4.79 Å². The van der Waals surface area contributed by atoms with Crippen LogP contribution in [0.1, 0.15) is 24.0 Å². The summed E-state index contributed by atoms with van der Waals surface area (Å²) in [5.74, 6) is -1.78. The maximum Gasteiger partial charge on any atom is 0.310 e. The lowest BCUT2D eigenvalue weighted by Crippen LogP contribution is -2.07. The molecule has 0 saturated carbocycles. The van der Waals surface area contributed by atoms with E-state index in [9.17, 15) is 9.18 Å². The van der Waals surface area contributed by atoms with E-state index in [2.05, 4.69) is 5.32 Å². The van der Waals surface area contributed by atoms with Crippen LogP contribution < -0.4 is 5.32 Å². The molecule has 5 heteroatoms. The lowest BCUT2D eigenvalue weighted by molar-refractivity contribution is -0.138. The highest BCUT2D eigenvalue weighted by molar-refractivity contribution is 6.30. The second kappa shape index (κ2) is 6.59. The first kappa shape index (κ1) is 15.3. The number of carboxylic acids is 1. The molecule has 2 rings (SSSR count). The van der Waals surface area contributed by atoms with E-state index in [-0.39, 0.29) is 0 Å². The van der Waals surface area contributed by atoms with Crippen LogP contribution >= 0.6 is 11.6 Å². The summed E-state index contributed by atoms with van der Waals surface area (Å²) in [6.07, 6.45) is 0. The van der Waals surface area contributed by atoms with E-state index < -0.39 is 17.7 Å². The fourth-order valence-electron chi connectivity index (χ4n) is 1.93. The van der Waals surface area contributed by atoms with Gasteiger partial charge in [-0.1, -0.05) is 35.9 Å². The van der Waals surface area contributed by atoms with Crippen molar-refractivity contribution in [2.45, 2.75) is 19.4 Å². The number of nitrogens with one attached hydrogen (secondary N) is 1. The van der Waals surface area contributed by atoms with Gasteiger partial charge in [-0.15, -0.1) is 0 Å². The molecule has 0 heterocycles. The number of halogens is 2. The van der Waals surface area contributed by atoms with Crippen molar-refractivity contribution in [1.29, 1.82) is 0 Å². The summed E-state index contributed by atoms with van der Waals surface area (Å²) in [6.45, 7) is 2.14. The van der Waals surface area contributed by atoms with Crippen molar-refractivity contribution < 1.29 is 14.3 Å². The third-order valence-corrected chi connectivity index (χ3v) is 3.43. The number of anilines is 1. The largest absolute Gasteiger partial charge is 0.481 e. The minimum Gasteiger partial charge on any atom is -0.481 e. The van der Waals surface area contributed by atoms with Crippen LogP contribution in [0, 0.1) is 5.82 Å². The normalized spacial score (nSPS) is 12.0. The summed E-state index contributed by atoms with van der Waals surface area (Å²) in [5, 5.41) is 12.4. The summed E-state index contributed by atoms with van der Waals surface area (Å²) < 4.78 is 13.2. The zero-order chi connectivity index (χ0) is 15.4. The molecule has 3 nitrogen and oxygen atoms in total. The van der Waals surface area contributed by atoms with E-state index in [1.165, 1.54) is 12.1 Å². The van der Waals surface area contributed by atoms with Gasteiger partial charge in [-0.05, 0) is 36.2 Å².